The van der Waals surface area contributed by atoms with Gasteiger partial charge in [-0.1, -0.05) is 0 Å². The van der Waals surface area contributed by atoms with Gasteiger partial charge in [0, 0.05) is 5.69 Å². The van der Waals surface area contributed by atoms with Gasteiger partial charge in [0.1, 0.15) is 0 Å². The molecule has 1 N–H and O–H groups in total. The first kappa shape index (κ1) is 6.86. The molecule has 1 heterocycles. The van der Waals surface area contributed by atoms with Gasteiger partial charge in [0.05, 0.1) is 7.11 Å². The Morgan fingerprint density at radius 1 is 1.50 bits per heavy atom. The van der Waals surface area contributed by atoms with Crippen LogP contribution in [0.25, 0.3) is 0 Å². The fourth-order valence-electron chi connectivity index (χ4n) is 0.676. The monoisotopic (exact) mass is 139 g/mol. The number of pyridine rings is 1. The second-order valence-electron chi connectivity index (χ2n) is 1.98. The van der Waals surface area contributed by atoms with Gasteiger partial charge in [-0.05, 0) is 19.1 Å². The van der Waals surface area contributed by atoms with Crippen LogP contribution in [-0.4, -0.2) is 17.2 Å². The average molecular weight is 139 g/mol. The molecule has 0 saturated heterocycles. The highest BCUT2D eigenvalue weighted by molar-refractivity contribution is 5.32. The zero-order valence-corrected chi connectivity index (χ0v) is 5.96. The molecular formula is C7H9NO2. The molecule has 0 aliphatic heterocycles. The number of ether oxygens (including phenoxy) is 1. The predicted molar refractivity (Wildman–Crippen MR) is 37.2 cm³/mol. The first-order valence-electron chi connectivity index (χ1n) is 2.94. The fraction of sp³-hybridized carbons (Fsp3) is 0.286. The third kappa shape index (κ3) is 1.18. The van der Waals surface area contributed by atoms with Crippen LogP contribution in [0.15, 0.2) is 12.1 Å². The third-order valence-corrected chi connectivity index (χ3v) is 1.17. The van der Waals surface area contributed by atoms with Crippen LogP contribution in [-0.2, 0) is 0 Å². The zero-order valence-electron chi connectivity index (χ0n) is 5.96. The number of hydrogen-bond donors (Lipinski definition) is 1. The van der Waals surface area contributed by atoms with E-state index in [0.717, 1.165) is 5.69 Å². The van der Waals surface area contributed by atoms with Gasteiger partial charge >= 0.3 is 0 Å². The van der Waals surface area contributed by atoms with Crippen LogP contribution in [0.3, 0.4) is 0 Å². The maximum Gasteiger partial charge on any atom is 0.256 e. The van der Waals surface area contributed by atoms with Crippen molar-refractivity contribution in [3.63, 3.8) is 0 Å². The molecule has 1 rings (SSSR count). The Bertz CT molecular complexity index is 235. The summed E-state index contributed by atoms with van der Waals surface area (Å²) in [6.45, 7) is 1.84. The van der Waals surface area contributed by atoms with Crippen LogP contribution in [0.1, 0.15) is 5.69 Å². The molecule has 10 heavy (non-hydrogen) atoms. The number of hydrogen-bond acceptors (Lipinski definition) is 3. The minimum atomic E-state index is 0.0769. The molecule has 1 aromatic rings. The Hall–Kier alpha value is -1.25. The zero-order chi connectivity index (χ0) is 7.56. The molecule has 0 aliphatic carbocycles. The number of aromatic nitrogens is 1. The van der Waals surface area contributed by atoms with Gasteiger partial charge < -0.3 is 9.84 Å². The van der Waals surface area contributed by atoms with Crippen molar-refractivity contribution in [3.05, 3.63) is 17.8 Å². The van der Waals surface area contributed by atoms with Crippen molar-refractivity contribution < 1.29 is 9.84 Å². The molecular weight excluding hydrogens is 130 g/mol. The van der Waals surface area contributed by atoms with Crippen LogP contribution in [0.2, 0.25) is 0 Å². The summed E-state index contributed by atoms with van der Waals surface area (Å²) >= 11 is 0. The highest BCUT2D eigenvalue weighted by Gasteiger charge is 1.99. The number of methoxy groups -OCH3 is 1. The van der Waals surface area contributed by atoms with Gasteiger partial charge in [0.2, 0.25) is 0 Å². The Balaban J connectivity index is 3.09. The lowest BCUT2D eigenvalue weighted by Gasteiger charge is -2.00. The van der Waals surface area contributed by atoms with Gasteiger partial charge in [-0.25, -0.2) is 4.98 Å². The van der Waals surface area contributed by atoms with E-state index in [1.54, 1.807) is 12.1 Å². The molecule has 0 aromatic carbocycles. The van der Waals surface area contributed by atoms with Crippen molar-refractivity contribution in [3.8, 4) is 11.6 Å². The van der Waals surface area contributed by atoms with Crippen molar-refractivity contribution in [2.24, 2.45) is 0 Å². The van der Waals surface area contributed by atoms with Gasteiger partial charge in [0.25, 0.3) is 5.88 Å². The first-order chi connectivity index (χ1) is 4.74. The van der Waals surface area contributed by atoms with Gasteiger partial charge in [-0.3, -0.25) is 0 Å². The highest BCUT2D eigenvalue weighted by atomic mass is 16.5. The van der Waals surface area contributed by atoms with Gasteiger partial charge in [-0.15, -0.1) is 0 Å². The van der Waals surface area contributed by atoms with Gasteiger partial charge in [-0.2, -0.15) is 0 Å². The molecule has 0 fully saturated rings. The molecule has 0 aliphatic rings. The van der Waals surface area contributed by atoms with E-state index in [4.69, 9.17) is 9.84 Å². The van der Waals surface area contributed by atoms with Crippen LogP contribution < -0.4 is 4.74 Å². The molecule has 0 amide bonds. The smallest absolute Gasteiger partial charge is 0.256 e. The predicted octanol–water partition coefficient (Wildman–Crippen LogP) is 1.10. The molecule has 1 aromatic heterocycles. The second-order valence-corrected chi connectivity index (χ2v) is 1.98. The van der Waals surface area contributed by atoms with Crippen molar-refractivity contribution in [2.75, 3.05) is 7.11 Å². The van der Waals surface area contributed by atoms with E-state index in [9.17, 15) is 0 Å². The minimum absolute atomic E-state index is 0.0769. The van der Waals surface area contributed by atoms with Crippen molar-refractivity contribution >= 4 is 0 Å². The SMILES string of the molecule is COc1nc(C)ccc1O. The third-order valence-electron chi connectivity index (χ3n) is 1.17. The summed E-state index contributed by atoms with van der Waals surface area (Å²) in [6, 6.07) is 3.28. The molecule has 0 bridgehead atoms. The number of aromatic hydroxyl groups is 1. The molecule has 54 valence electrons. The van der Waals surface area contributed by atoms with Crippen molar-refractivity contribution in [2.45, 2.75) is 6.92 Å². The van der Waals surface area contributed by atoms with E-state index < -0.39 is 0 Å². The largest absolute Gasteiger partial charge is 0.503 e. The number of nitrogens with zero attached hydrogens (tertiary/aromatic N) is 1. The number of aryl methyl sites for hydroxylation is 1. The molecule has 0 radical (unpaired) electrons. The molecule has 0 spiro atoms. The van der Waals surface area contributed by atoms with E-state index >= 15 is 0 Å². The van der Waals surface area contributed by atoms with Crippen molar-refractivity contribution in [1.29, 1.82) is 0 Å². The summed E-state index contributed by atoms with van der Waals surface area (Å²) in [5.74, 6) is 0.355. The van der Waals surface area contributed by atoms with E-state index in [1.807, 2.05) is 6.92 Å². The molecule has 0 unspecified atom stereocenters. The standard InChI is InChI=1S/C7H9NO2/c1-5-3-4-6(9)7(8-5)10-2/h3-4,9H,1-2H3. The summed E-state index contributed by atoms with van der Waals surface area (Å²) in [4.78, 5) is 3.92. The van der Waals surface area contributed by atoms with E-state index in [-0.39, 0.29) is 11.6 Å². The normalized spacial score (nSPS) is 9.40. The van der Waals surface area contributed by atoms with Crippen LogP contribution in [0.5, 0.6) is 11.6 Å². The van der Waals surface area contributed by atoms with Crippen LogP contribution in [0.4, 0.5) is 0 Å². The summed E-state index contributed by atoms with van der Waals surface area (Å²) in [5.41, 5.74) is 0.828. The molecule has 3 nitrogen and oxygen atoms in total. The number of rotatable bonds is 1. The Kier molecular flexibility index (Phi) is 1.76. The summed E-state index contributed by atoms with van der Waals surface area (Å²) in [7, 11) is 1.47. The van der Waals surface area contributed by atoms with Crippen LogP contribution in [0, 0.1) is 6.92 Å². The summed E-state index contributed by atoms with van der Waals surface area (Å²) < 4.78 is 4.76. The van der Waals surface area contributed by atoms with Gasteiger partial charge in [0.15, 0.2) is 5.75 Å². The Morgan fingerprint density at radius 3 is 2.70 bits per heavy atom. The van der Waals surface area contributed by atoms with Crippen molar-refractivity contribution in [1.82, 2.24) is 4.98 Å². The molecule has 3 heteroatoms. The lowest BCUT2D eigenvalue weighted by molar-refractivity contribution is 0.357. The molecule has 0 atom stereocenters. The summed E-state index contributed by atoms with van der Waals surface area (Å²) in [5, 5.41) is 9.05. The fourth-order valence-corrected chi connectivity index (χ4v) is 0.676. The Labute approximate surface area is 59.3 Å². The maximum atomic E-state index is 9.05. The minimum Gasteiger partial charge on any atom is -0.503 e. The maximum absolute atomic E-state index is 9.05. The quantitative estimate of drug-likeness (QED) is 0.633. The Morgan fingerprint density at radius 2 is 2.20 bits per heavy atom. The highest BCUT2D eigenvalue weighted by Crippen LogP contribution is 2.21. The first-order valence-corrected chi connectivity index (χ1v) is 2.94. The lowest BCUT2D eigenvalue weighted by Crippen LogP contribution is -1.89. The topological polar surface area (TPSA) is 42.4 Å². The van der Waals surface area contributed by atoms with Crippen LogP contribution >= 0.6 is 0 Å². The van der Waals surface area contributed by atoms with E-state index in [2.05, 4.69) is 4.98 Å². The average Bonchev–Trinajstić information content (AvgIpc) is 1.94. The summed E-state index contributed by atoms with van der Waals surface area (Å²) in [6.07, 6.45) is 0. The lowest BCUT2D eigenvalue weighted by atomic mass is 10.3. The van der Waals surface area contributed by atoms with E-state index in [0.29, 0.717) is 0 Å². The van der Waals surface area contributed by atoms with E-state index in [1.165, 1.54) is 7.11 Å². The molecule has 0 saturated carbocycles. The second kappa shape index (κ2) is 2.56.